The number of aryl methyl sites for hydroxylation is 1. The van der Waals surface area contributed by atoms with Crippen LogP contribution in [-0.2, 0) is 14.8 Å². The van der Waals surface area contributed by atoms with Gasteiger partial charge in [-0.1, -0.05) is 19.8 Å². The molecule has 114 valence electrons. The molecule has 0 bridgehead atoms. The zero-order valence-corrected chi connectivity index (χ0v) is 13.9. The minimum atomic E-state index is -3.70. The number of hydrogen-bond donors (Lipinski definition) is 1. The molecule has 7 heteroatoms. The highest BCUT2D eigenvalue weighted by Crippen LogP contribution is 2.27. The molecule has 1 unspecified atom stereocenters. The van der Waals surface area contributed by atoms with Crippen LogP contribution in [0.25, 0.3) is 0 Å². The molecule has 0 spiro atoms. The number of carbonyl (C=O) groups excluding carboxylic acids is 1. The van der Waals surface area contributed by atoms with Gasteiger partial charge >= 0.3 is 5.97 Å². The average molecular weight is 319 g/mol. The number of esters is 1. The van der Waals surface area contributed by atoms with E-state index in [-0.39, 0.29) is 15.8 Å². The number of nitrogens with one attached hydrogen (secondary N) is 1. The summed E-state index contributed by atoms with van der Waals surface area (Å²) < 4.78 is 32.1. The standard InChI is InChI=1S/C13H21NO4S2/c1-5-6-7-10(3)14-20(16,17)12-9(2)8-19-11(12)13(15)18-4/h8,10,14H,5-7H2,1-4H3. The monoisotopic (exact) mass is 319 g/mol. The predicted molar refractivity (Wildman–Crippen MR) is 79.7 cm³/mol. The van der Waals surface area contributed by atoms with Crippen molar-refractivity contribution in [3.8, 4) is 0 Å². The molecule has 0 saturated heterocycles. The van der Waals surface area contributed by atoms with Gasteiger partial charge in [-0.2, -0.15) is 0 Å². The normalized spacial score (nSPS) is 13.2. The van der Waals surface area contributed by atoms with Gasteiger partial charge in [0, 0.05) is 6.04 Å². The van der Waals surface area contributed by atoms with Crippen molar-refractivity contribution in [1.82, 2.24) is 4.72 Å². The van der Waals surface area contributed by atoms with Crippen molar-refractivity contribution in [2.24, 2.45) is 0 Å². The first-order valence-electron chi connectivity index (χ1n) is 6.52. The number of thiophene rings is 1. The third kappa shape index (κ3) is 4.04. The lowest BCUT2D eigenvalue weighted by molar-refractivity contribution is 0.0602. The molecule has 1 aromatic heterocycles. The summed E-state index contributed by atoms with van der Waals surface area (Å²) >= 11 is 1.09. The molecule has 0 aliphatic heterocycles. The Morgan fingerprint density at radius 1 is 1.50 bits per heavy atom. The summed E-state index contributed by atoms with van der Waals surface area (Å²) in [4.78, 5) is 11.8. The summed E-state index contributed by atoms with van der Waals surface area (Å²) in [6, 6.07) is -0.162. The molecular formula is C13H21NO4S2. The van der Waals surface area contributed by atoms with E-state index in [1.165, 1.54) is 7.11 Å². The van der Waals surface area contributed by atoms with Gasteiger partial charge < -0.3 is 4.74 Å². The molecule has 5 nitrogen and oxygen atoms in total. The topological polar surface area (TPSA) is 72.5 Å². The summed E-state index contributed by atoms with van der Waals surface area (Å²) in [7, 11) is -2.46. The van der Waals surface area contributed by atoms with Crippen molar-refractivity contribution in [2.45, 2.75) is 51.0 Å². The largest absolute Gasteiger partial charge is 0.465 e. The van der Waals surface area contributed by atoms with Crippen LogP contribution in [0.2, 0.25) is 0 Å². The second-order valence-corrected chi connectivity index (χ2v) is 7.26. The third-order valence-electron chi connectivity index (χ3n) is 2.90. The second kappa shape index (κ2) is 7.19. The fourth-order valence-corrected chi connectivity index (χ4v) is 4.88. The van der Waals surface area contributed by atoms with E-state index in [0.717, 1.165) is 30.6 Å². The highest BCUT2D eigenvalue weighted by molar-refractivity contribution is 7.89. The van der Waals surface area contributed by atoms with Crippen molar-refractivity contribution in [1.29, 1.82) is 0 Å². The van der Waals surface area contributed by atoms with Gasteiger partial charge in [0.15, 0.2) is 0 Å². The molecule has 0 aliphatic rings. The number of carbonyl (C=O) groups is 1. The Labute approximate surface area is 124 Å². The number of hydrogen-bond acceptors (Lipinski definition) is 5. The van der Waals surface area contributed by atoms with Gasteiger partial charge in [0.25, 0.3) is 0 Å². The Kier molecular flexibility index (Phi) is 6.16. The zero-order valence-electron chi connectivity index (χ0n) is 12.2. The van der Waals surface area contributed by atoms with E-state index < -0.39 is 16.0 Å². The number of methoxy groups -OCH3 is 1. The maximum absolute atomic E-state index is 12.4. The second-order valence-electron chi connectivity index (χ2n) is 4.73. The summed E-state index contributed by atoms with van der Waals surface area (Å²) in [5.41, 5.74) is 0.561. The van der Waals surface area contributed by atoms with Gasteiger partial charge in [-0.25, -0.2) is 17.9 Å². The van der Waals surface area contributed by atoms with Crippen LogP contribution < -0.4 is 4.72 Å². The lowest BCUT2D eigenvalue weighted by Crippen LogP contribution is -2.33. The Bertz CT molecular complexity index is 563. The molecule has 0 aliphatic carbocycles. The number of rotatable bonds is 7. The molecule has 1 heterocycles. The van der Waals surface area contributed by atoms with Crippen molar-refractivity contribution in [3.05, 3.63) is 15.8 Å². The Morgan fingerprint density at radius 2 is 2.15 bits per heavy atom. The SMILES string of the molecule is CCCCC(C)NS(=O)(=O)c1c(C)csc1C(=O)OC. The summed E-state index contributed by atoms with van der Waals surface area (Å²) in [6.45, 7) is 5.56. The maximum Gasteiger partial charge on any atom is 0.349 e. The van der Waals surface area contributed by atoms with Crippen LogP contribution in [-0.4, -0.2) is 27.5 Å². The van der Waals surface area contributed by atoms with Crippen LogP contribution in [0.5, 0.6) is 0 Å². The molecule has 0 fully saturated rings. The lowest BCUT2D eigenvalue weighted by Gasteiger charge is -2.14. The van der Waals surface area contributed by atoms with E-state index >= 15 is 0 Å². The first-order valence-corrected chi connectivity index (χ1v) is 8.88. The third-order valence-corrected chi connectivity index (χ3v) is 5.89. The first kappa shape index (κ1) is 17.1. The molecule has 1 rings (SSSR count). The Morgan fingerprint density at radius 3 is 2.70 bits per heavy atom. The average Bonchev–Trinajstić information content (AvgIpc) is 2.77. The van der Waals surface area contributed by atoms with Gasteiger partial charge in [-0.3, -0.25) is 0 Å². The Balaban J connectivity index is 3.04. The number of unbranched alkanes of at least 4 members (excludes halogenated alkanes) is 1. The van der Waals surface area contributed by atoms with Crippen LogP contribution in [0.3, 0.4) is 0 Å². The molecule has 0 amide bonds. The van der Waals surface area contributed by atoms with Crippen LogP contribution in [0, 0.1) is 6.92 Å². The molecular weight excluding hydrogens is 298 g/mol. The highest BCUT2D eigenvalue weighted by atomic mass is 32.2. The van der Waals surface area contributed by atoms with Crippen molar-refractivity contribution < 1.29 is 17.9 Å². The number of ether oxygens (including phenoxy) is 1. The van der Waals surface area contributed by atoms with Gasteiger partial charge in [-0.05, 0) is 31.2 Å². The fourth-order valence-electron chi connectivity index (χ4n) is 1.89. The van der Waals surface area contributed by atoms with Gasteiger partial charge in [0.1, 0.15) is 9.77 Å². The quantitative estimate of drug-likeness (QED) is 0.784. The predicted octanol–water partition coefficient (Wildman–Crippen LogP) is 2.70. The minimum absolute atomic E-state index is 0.0395. The Hall–Kier alpha value is -0.920. The first-order chi connectivity index (χ1) is 9.33. The lowest BCUT2D eigenvalue weighted by atomic mass is 10.2. The molecule has 0 aromatic carbocycles. The fraction of sp³-hybridized carbons (Fsp3) is 0.615. The van der Waals surface area contributed by atoms with Crippen LogP contribution in [0.4, 0.5) is 0 Å². The number of sulfonamides is 1. The van der Waals surface area contributed by atoms with E-state index in [1.807, 2.05) is 6.92 Å². The van der Waals surface area contributed by atoms with Gasteiger partial charge in [0.2, 0.25) is 10.0 Å². The minimum Gasteiger partial charge on any atom is -0.465 e. The molecule has 20 heavy (non-hydrogen) atoms. The van der Waals surface area contributed by atoms with Crippen LogP contribution in [0.15, 0.2) is 10.3 Å². The van der Waals surface area contributed by atoms with Crippen molar-refractivity contribution in [2.75, 3.05) is 7.11 Å². The van der Waals surface area contributed by atoms with Crippen molar-refractivity contribution >= 4 is 27.3 Å². The highest BCUT2D eigenvalue weighted by Gasteiger charge is 2.28. The van der Waals surface area contributed by atoms with E-state index in [2.05, 4.69) is 16.4 Å². The van der Waals surface area contributed by atoms with E-state index in [9.17, 15) is 13.2 Å². The van der Waals surface area contributed by atoms with Crippen LogP contribution >= 0.6 is 11.3 Å². The van der Waals surface area contributed by atoms with Gasteiger partial charge in [-0.15, -0.1) is 11.3 Å². The molecule has 0 radical (unpaired) electrons. The smallest absolute Gasteiger partial charge is 0.349 e. The van der Waals surface area contributed by atoms with E-state index in [0.29, 0.717) is 5.56 Å². The van der Waals surface area contributed by atoms with Crippen LogP contribution in [0.1, 0.15) is 48.3 Å². The van der Waals surface area contributed by atoms with Gasteiger partial charge in [0.05, 0.1) is 7.11 Å². The zero-order chi connectivity index (χ0) is 15.3. The summed E-state index contributed by atoms with van der Waals surface area (Å²) in [6.07, 6.45) is 2.74. The molecule has 1 atom stereocenters. The maximum atomic E-state index is 12.4. The van der Waals surface area contributed by atoms with E-state index in [1.54, 1.807) is 12.3 Å². The van der Waals surface area contributed by atoms with Crippen molar-refractivity contribution in [3.63, 3.8) is 0 Å². The molecule has 0 saturated carbocycles. The summed E-state index contributed by atoms with van der Waals surface area (Å²) in [5.74, 6) is -0.621. The molecule has 1 aromatic rings. The summed E-state index contributed by atoms with van der Waals surface area (Å²) in [5, 5.41) is 1.65. The van der Waals surface area contributed by atoms with E-state index in [4.69, 9.17) is 0 Å². The molecule has 1 N–H and O–H groups in total.